The first kappa shape index (κ1) is 13.9. The number of pyridine rings is 1. The Morgan fingerprint density at radius 3 is 2.80 bits per heavy atom. The molecule has 0 N–H and O–H groups in total. The van der Waals surface area contributed by atoms with Crippen molar-refractivity contribution in [2.24, 2.45) is 0 Å². The van der Waals surface area contributed by atoms with Gasteiger partial charge in [0.2, 0.25) is 6.54 Å². The molecule has 0 amide bonds. The van der Waals surface area contributed by atoms with Gasteiger partial charge in [-0.05, 0) is 23.8 Å². The molecular formula is C14H13FN2O3. The lowest BCUT2D eigenvalue weighted by Gasteiger charge is -2.07. The Hall–Kier alpha value is -2.50. The van der Waals surface area contributed by atoms with Gasteiger partial charge in [0.15, 0.2) is 0 Å². The van der Waals surface area contributed by atoms with Crippen LogP contribution in [-0.4, -0.2) is 16.5 Å². The molecule has 20 heavy (non-hydrogen) atoms. The summed E-state index contributed by atoms with van der Waals surface area (Å²) < 4.78 is 19.1. The Labute approximate surface area is 115 Å². The second kappa shape index (κ2) is 6.60. The average Bonchev–Trinajstić information content (AvgIpc) is 2.45. The first-order valence-electron chi connectivity index (χ1n) is 6.08. The zero-order valence-electron chi connectivity index (χ0n) is 10.7. The van der Waals surface area contributed by atoms with E-state index >= 15 is 0 Å². The van der Waals surface area contributed by atoms with E-state index in [1.54, 1.807) is 18.3 Å². The van der Waals surface area contributed by atoms with E-state index in [2.05, 4.69) is 4.98 Å². The molecule has 0 spiro atoms. The van der Waals surface area contributed by atoms with Gasteiger partial charge in [-0.25, -0.2) is 4.39 Å². The molecule has 5 nitrogen and oxygen atoms in total. The number of nitro groups is 1. The van der Waals surface area contributed by atoms with Gasteiger partial charge in [-0.1, -0.05) is 12.1 Å². The maximum atomic E-state index is 13.7. The Morgan fingerprint density at radius 1 is 1.30 bits per heavy atom. The maximum absolute atomic E-state index is 13.7. The Kier molecular flexibility index (Phi) is 4.60. The molecule has 0 saturated heterocycles. The van der Waals surface area contributed by atoms with E-state index in [9.17, 15) is 14.5 Å². The molecule has 2 rings (SSSR count). The Balaban J connectivity index is 1.96. The van der Waals surface area contributed by atoms with Crippen LogP contribution in [0.5, 0.6) is 5.75 Å². The number of aromatic nitrogens is 1. The molecular weight excluding hydrogens is 263 g/mol. The third-order valence-electron chi connectivity index (χ3n) is 2.70. The van der Waals surface area contributed by atoms with Crippen LogP contribution in [0, 0.1) is 15.9 Å². The number of hydrogen-bond acceptors (Lipinski definition) is 4. The number of halogens is 1. The smallest absolute Gasteiger partial charge is 0.208 e. The monoisotopic (exact) mass is 276 g/mol. The van der Waals surface area contributed by atoms with Gasteiger partial charge in [0, 0.05) is 23.6 Å². The first-order chi connectivity index (χ1) is 9.65. The SMILES string of the molecule is O=[N+]([O-])CCc1ccc(OCc2ccccn2)cc1F. The second-order valence-electron chi connectivity index (χ2n) is 4.17. The number of ether oxygens (including phenoxy) is 1. The molecule has 0 bridgehead atoms. The van der Waals surface area contributed by atoms with Crippen molar-refractivity contribution in [1.82, 2.24) is 4.98 Å². The van der Waals surface area contributed by atoms with E-state index in [0.717, 1.165) is 5.69 Å². The van der Waals surface area contributed by atoms with Crippen molar-refractivity contribution in [2.45, 2.75) is 13.0 Å². The van der Waals surface area contributed by atoms with Gasteiger partial charge in [-0.2, -0.15) is 0 Å². The van der Waals surface area contributed by atoms with Crippen molar-refractivity contribution in [2.75, 3.05) is 6.54 Å². The van der Waals surface area contributed by atoms with Crippen molar-refractivity contribution in [3.05, 3.63) is 69.8 Å². The third-order valence-corrected chi connectivity index (χ3v) is 2.70. The molecule has 0 aliphatic rings. The van der Waals surface area contributed by atoms with Crippen LogP contribution < -0.4 is 4.74 Å². The normalized spacial score (nSPS) is 10.2. The molecule has 6 heteroatoms. The maximum Gasteiger partial charge on any atom is 0.208 e. The highest BCUT2D eigenvalue weighted by molar-refractivity contribution is 5.29. The highest BCUT2D eigenvalue weighted by Gasteiger charge is 2.07. The zero-order chi connectivity index (χ0) is 14.4. The van der Waals surface area contributed by atoms with Crippen molar-refractivity contribution in [3.8, 4) is 5.75 Å². The zero-order valence-corrected chi connectivity index (χ0v) is 10.7. The fourth-order valence-corrected chi connectivity index (χ4v) is 1.67. The summed E-state index contributed by atoms with van der Waals surface area (Å²) in [4.78, 5) is 13.9. The number of benzene rings is 1. The van der Waals surface area contributed by atoms with E-state index in [1.165, 1.54) is 12.1 Å². The van der Waals surface area contributed by atoms with Crippen LogP contribution in [0.4, 0.5) is 4.39 Å². The van der Waals surface area contributed by atoms with E-state index < -0.39 is 10.7 Å². The van der Waals surface area contributed by atoms with Gasteiger partial charge in [0.1, 0.15) is 18.2 Å². The number of rotatable bonds is 6. The van der Waals surface area contributed by atoms with Crippen LogP contribution in [0.2, 0.25) is 0 Å². The molecule has 2 aromatic rings. The summed E-state index contributed by atoms with van der Waals surface area (Å²) in [7, 11) is 0. The average molecular weight is 276 g/mol. The van der Waals surface area contributed by atoms with Crippen LogP contribution in [0.25, 0.3) is 0 Å². The van der Waals surface area contributed by atoms with E-state index in [4.69, 9.17) is 4.74 Å². The minimum Gasteiger partial charge on any atom is -0.487 e. The van der Waals surface area contributed by atoms with Crippen LogP contribution >= 0.6 is 0 Å². The fourth-order valence-electron chi connectivity index (χ4n) is 1.67. The molecule has 0 aliphatic heterocycles. The lowest BCUT2D eigenvalue weighted by molar-refractivity contribution is -0.479. The molecule has 0 fully saturated rings. The van der Waals surface area contributed by atoms with Crippen LogP contribution in [0.15, 0.2) is 42.6 Å². The summed E-state index contributed by atoms with van der Waals surface area (Å²) in [6.07, 6.45) is 1.72. The van der Waals surface area contributed by atoms with E-state index in [-0.39, 0.29) is 19.6 Å². The highest BCUT2D eigenvalue weighted by Crippen LogP contribution is 2.18. The molecule has 104 valence electrons. The lowest BCUT2D eigenvalue weighted by Crippen LogP contribution is -2.05. The summed E-state index contributed by atoms with van der Waals surface area (Å²) in [5.41, 5.74) is 1.05. The first-order valence-corrected chi connectivity index (χ1v) is 6.08. The lowest BCUT2D eigenvalue weighted by atomic mass is 10.1. The quantitative estimate of drug-likeness (QED) is 0.601. The van der Waals surface area contributed by atoms with Crippen LogP contribution in [0.3, 0.4) is 0 Å². The van der Waals surface area contributed by atoms with Crippen molar-refractivity contribution >= 4 is 0 Å². The van der Waals surface area contributed by atoms with Gasteiger partial charge in [0.25, 0.3) is 0 Å². The molecule has 0 unspecified atom stereocenters. The van der Waals surface area contributed by atoms with Crippen molar-refractivity contribution < 1.29 is 14.1 Å². The van der Waals surface area contributed by atoms with Crippen molar-refractivity contribution in [3.63, 3.8) is 0 Å². The predicted octanol–water partition coefficient (Wildman–Crippen LogP) is 2.62. The molecule has 1 aromatic heterocycles. The largest absolute Gasteiger partial charge is 0.487 e. The molecule has 0 aliphatic carbocycles. The van der Waals surface area contributed by atoms with E-state index in [1.807, 2.05) is 12.1 Å². The summed E-state index contributed by atoms with van der Waals surface area (Å²) in [5, 5.41) is 10.3. The number of nitrogens with zero attached hydrogens (tertiary/aromatic N) is 2. The summed E-state index contributed by atoms with van der Waals surface area (Å²) in [6.45, 7) is -0.0421. The van der Waals surface area contributed by atoms with Gasteiger partial charge >= 0.3 is 0 Å². The number of hydrogen-bond donors (Lipinski definition) is 0. The Morgan fingerprint density at radius 2 is 2.15 bits per heavy atom. The highest BCUT2D eigenvalue weighted by atomic mass is 19.1. The molecule has 1 heterocycles. The predicted molar refractivity (Wildman–Crippen MR) is 70.5 cm³/mol. The minimum atomic E-state index is -0.495. The minimum absolute atomic E-state index is 0.0688. The van der Waals surface area contributed by atoms with Crippen molar-refractivity contribution in [1.29, 1.82) is 0 Å². The van der Waals surface area contributed by atoms with E-state index in [0.29, 0.717) is 11.3 Å². The molecule has 1 aromatic carbocycles. The van der Waals surface area contributed by atoms with Crippen LogP contribution in [-0.2, 0) is 13.0 Å². The van der Waals surface area contributed by atoms with Gasteiger partial charge in [-0.3, -0.25) is 15.1 Å². The molecule has 0 saturated carbocycles. The fraction of sp³-hybridized carbons (Fsp3) is 0.214. The summed E-state index contributed by atoms with van der Waals surface area (Å²) in [5.74, 6) is -0.122. The topological polar surface area (TPSA) is 65.3 Å². The second-order valence-corrected chi connectivity index (χ2v) is 4.17. The van der Waals surface area contributed by atoms with Gasteiger partial charge in [-0.15, -0.1) is 0 Å². The van der Waals surface area contributed by atoms with Crippen LogP contribution in [0.1, 0.15) is 11.3 Å². The third kappa shape index (κ3) is 4.01. The Bertz CT molecular complexity index is 590. The molecule has 0 radical (unpaired) electrons. The standard InChI is InChI=1S/C14H13FN2O3/c15-14-9-13(5-4-11(14)6-8-17(18)19)20-10-12-3-1-2-7-16-12/h1-5,7,9H,6,8,10H2. The summed E-state index contributed by atoms with van der Waals surface area (Å²) in [6, 6.07) is 9.79. The molecule has 0 atom stereocenters. The summed E-state index contributed by atoms with van der Waals surface area (Å²) >= 11 is 0. The van der Waals surface area contributed by atoms with Gasteiger partial charge in [0.05, 0.1) is 5.69 Å². The van der Waals surface area contributed by atoms with Gasteiger partial charge < -0.3 is 4.74 Å².